The van der Waals surface area contributed by atoms with Crippen LogP contribution < -0.4 is 0 Å². The first kappa shape index (κ1) is 9.34. The van der Waals surface area contributed by atoms with Crippen LogP contribution in [0.3, 0.4) is 0 Å². The van der Waals surface area contributed by atoms with Gasteiger partial charge in [0.15, 0.2) is 0 Å². The molecule has 0 amide bonds. The minimum Gasteiger partial charge on any atom is -0.507 e. The highest BCUT2D eigenvalue weighted by Gasteiger charge is 2.07. The van der Waals surface area contributed by atoms with Crippen molar-refractivity contribution in [1.82, 2.24) is 0 Å². The van der Waals surface area contributed by atoms with Crippen LogP contribution in [0.5, 0.6) is 11.5 Å². The van der Waals surface area contributed by atoms with Gasteiger partial charge in [0.1, 0.15) is 11.5 Å². The number of aryl methyl sites for hydroxylation is 1. The summed E-state index contributed by atoms with van der Waals surface area (Å²) >= 11 is 3.32. The molecule has 0 aliphatic carbocycles. The highest BCUT2D eigenvalue weighted by molar-refractivity contribution is 9.10. The molecule has 2 N–H and O–H groups in total. The average molecular weight is 253 g/mol. The Hall–Kier alpha value is -1.22. The van der Waals surface area contributed by atoms with Gasteiger partial charge in [-0.2, -0.15) is 0 Å². The van der Waals surface area contributed by atoms with Crippen LogP contribution in [0.4, 0.5) is 0 Å². The van der Waals surface area contributed by atoms with Crippen LogP contribution in [-0.2, 0) is 0 Å². The van der Waals surface area contributed by atoms with E-state index in [1.54, 1.807) is 25.1 Å². The molecular formula is C11H9BrO2. The summed E-state index contributed by atoms with van der Waals surface area (Å²) in [6.45, 7) is 1.76. The normalized spacial score (nSPS) is 10.7. The molecule has 2 rings (SSSR count). The van der Waals surface area contributed by atoms with E-state index in [1.807, 2.05) is 6.07 Å². The van der Waals surface area contributed by atoms with Gasteiger partial charge >= 0.3 is 0 Å². The number of phenolic OH excluding ortho intramolecular Hbond substituents is 2. The first-order valence-electron chi connectivity index (χ1n) is 4.20. The number of hydrogen-bond acceptors (Lipinski definition) is 2. The summed E-state index contributed by atoms with van der Waals surface area (Å²) in [6, 6.07) is 6.95. The van der Waals surface area contributed by atoms with Gasteiger partial charge in [0.05, 0.1) is 0 Å². The van der Waals surface area contributed by atoms with Crippen molar-refractivity contribution in [2.75, 3.05) is 0 Å². The number of rotatable bonds is 0. The Kier molecular flexibility index (Phi) is 2.11. The van der Waals surface area contributed by atoms with Gasteiger partial charge in [-0.1, -0.05) is 15.9 Å². The molecule has 0 spiro atoms. The van der Waals surface area contributed by atoms with Crippen molar-refractivity contribution in [1.29, 1.82) is 0 Å². The van der Waals surface area contributed by atoms with Crippen LogP contribution >= 0.6 is 15.9 Å². The summed E-state index contributed by atoms with van der Waals surface area (Å²) < 4.78 is 0.878. The van der Waals surface area contributed by atoms with E-state index in [-0.39, 0.29) is 11.5 Å². The van der Waals surface area contributed by atoms with Gasteiger partial charge < -0.3 is 10.2 Å². The van der Waals surface area contributed by atoms with Crippen molar-refractivity contribution in [3.05, 3.63) is 34.3 Å². The zero-order valence-electron chi connectivity index (χ0n) is 7.58. The molecule has 0 unspecified atom stereocenters. The molecule has 0 fully saturated rings. The van der Waals surface area contributed by atoms with E-state index >= 15 is 0 Å². The summed E-state index contributed by atoms with van der Waals surface area (Å²) in [5, 5.41) is 20.7. The Morgan fingerprint density at radius 3 is 2.50 bits per heavy atom. The van der Waals surface area contributed by atoms with E-state index in [4.69, 9.17) is 0 Å². The average Bonchev–Trinajstić information content (AvgIpc) is 2.14. The van der Waals surface area contributed by atoms with Crippen molar-refractivity contribution >= 4 is 26.7 Å². The molecule has 0 saturated heterocycles. The van der Waals surface area contributed by atoms with E-state index in [2.05, 4.69) is 15.9 Å². The second-order valence-corrected chi connectivity index (χ2v) is 4.17. The van der Waals surface area contributed by atoms with E-state index in [1.165, 1.54) is 0 Å². The van der Waals surface area contributed by atoms with Crippen molar-refractivity contribution in [3.8, 4) is 11.5 Å². The largest absolute Gasteiger partial charge is 0.507 e. The molecule has 0 aliphatic rings. The molecule has 14 heavy (non-hydrogen) atoms. The number of aromatic hydroxyl groups is 2. The third-order valence-corrected chi connectivity index (χ3v) is 2.73. The first-order chi connectivity index (χ1) is 6.59. The number of halogens is 1. The molecule has 2 aromatic carbocycles. The molecule has 0 aromatic heterocycles. The Balaban J connectivity index is 2.94. The van der Waals surface area contributed by atoms with Gasteiger partial charge in [0.2, 0.25) is 0 Å². The number of benzene rings is 2. The van der Waals surface area contributed by atoms with Gasteiger partial charge in [-0.3, -0.25) is 0 Å². The SMILES string of the molecule is Cc1cc(O)c2cc(Br)ccc2c1O. The predicted octanol–water partition coefficient (Wildman–Crippen LogP) is 3.32. The standard InChI is InChI=1S/C11H9BrO2/c1-6-4-10(13)9-5-7(12)2-3-8(9)11(6)14/h2-5,13-14H,1H3. The second-order valence-electron chi connectivity index (χ2n) is 3.25. The van der Waals surface area contributed by atoms with Crippen LogP contribution in [0, 0.1) is 6.92 Å². The molecule has 0 saturated carbocycles. The molecule has 2 nitrogen and oxygen atoms in total. The van der Waals surface area contributed by atoms with Crippen LogP contribution in [0.1, 0.15) is 5.56 Å². The Labute approximate surface area is 89.9 Å². The smallest absolute Gasteiger partial charge is 0.126 e. The molecular weight excluding hydrogens is 244 g/mol. The highest BCUT2D eigenvalue weighted by atomic mass is 79.9. The van der Waals surface area contributed by atoms with Crippen molar-refractivity contribution in [2.45, 2.75) is 6.92 Å². The Morgan fingerprint density at radius 1 is 1.07 bits per heavy atom. The predicted molar refractivity (Wildman–Crippen MR) is 59.7 cm³/mol. The maximum absolute atomic E-state index is 9.75. The third kappa shape index (κ3) is 1.34. The van der Waals surface area contributed by atoms with Gasteiger partial charge in [0, 0.05) is 15.2 Å². The van der Waals surface area contributed by atoms with Crippen LogP contribution in [0.25, 0.3) is 10.8 Å². The fourth-order valence-electron chi connectivity index (χ4n) is 1.50. The van der Waals surface area contributed by atoms with E-state index < -0.39 is 0 Å². The Bertz CT molecular complexity index is 506. The maximum Gasteiger partial charge on any atom is 0.126 e. The molecule has 72 valence electrons. The third-order valence-electron chi connectivity index (χ3n) is 2.24. The van der Waals surface area contributed by atoms with Gasteiger partial charge in [-0.05, 0) is 36.8 Å². The quantitative estimate of drug-likeness (QED) is 0.707. The maximum atomic E-state index is 9.75. The molecule has 3 heteroatoms. The molecule has 0 radical (unpaired) electrons. The summed E-state index contributed by atoms with van der Waals surface area (Å²) in [7, 11) is 0. The summed E-state index contributed by atoms with van der Waals surface area (Å²) in [5.74, 6) is 0.418. The zero-order chi connectivity index (χ0) is 10.3. The van der Waals surface area contributed by atoms with E-state index in [0.717, 1.165) is 4.47 Å². The lowest BCUT2D eigenvalue weighted by atomic mass is 10.1. The van der Waals surface area contributed by atoms with Crippen LogP contribution in [0.15, 0.2) is 28.7 Å². The van der Waals surface area contributed by atoms with Gasteiger partial charge in [-0.15, -0.1) is 0 Å². The van der Waals surface area contributed by atoms with Crippen molar-refractivity contribution in [2.24, 2.45) is 0 Å². The fraction of sp³-hybridized carbons (Fsp3) is 0.0909. The van der Waals surface area contributed by atoms with Crippen molar-refractivity contribution < 1.29 is 10.2 Å². The number of fused-ring (bicyclic) bond motifs is 1. The molecule has 0 atom stereocenters. The molecule has 0 aliphatic heterocycles. The lowest BCUT2D eigenvalue weighted by Gasteiger charge is -2.06. The lowest BCUT2D eigenvalue weighted by molar-refractivity contribution is 0.466. The molecule has 0 bridgehead atoms. The molecule has 2 aromatic rings. The topological polar surface area (TPSA) is 40.5 Å². The second kappa shape index (κ2) is 3.17. The number of phenols is 2. The summed E-state index contributed by atoms with van der Waals surface area (Å²) in [4.78, 5) is 0. The minimum absolute atomic E-state index is 0.191. The van der Waals surface area contributed by atoms with Gasteiger partial charge in [0.25, 0.3) is 0 Å². The van der Waals surface area contributed by atoms with Crippen LogP contribution in [0.2, 0.25) is 0 Å². The summed E-state index contributed by atoms with van der Waals surface area (Å²) in [5.41, 5.74) is 0.678. The summed E-state index contributed by atoms with van der Waals surface area (Å²) in [6.07, 6.45) is 0. The monoisotopic (exact) mass is 252 g/mol. The molecule has 0 heterocycles. The minimum atomic E-state index is 0.191. The Morgan fingerprint density at radius 2 is 1.79 bits per heavy atom. The first-order valence-corrected chi connectivity index (χ1v) is 4.99. The number of hydrogen-bond donors (Lipinski definition) is 2. The fourth-order valence-corrected chi connectivity index (χ4v) is 1.86. The van der Waals surface area contributed by atoms with Crippen molar-refractivity contribution in [3.63, 3.8) is 0 Å². The van der Waals surface area contributed by atoms with E-state index in [0.29, 0.717) is 16.3 Å². The highest BCUT2D eigenvalue weighted by Crippen LogP contribution is 2.36. The zero-order valence-corrected chi connectivity index (χ0v) is 9.17. The van der Waals surface area contributed by atoms with Crippen LogP contribution in [-0.4, -0.2) is 10.2 Å². The lowest BCUT2D eigenvalue weighted by Crippen LogP contribution is -1.80. The van der Waals surface area contributed by atoms with Gasteiger partial charge in [-0.25, -0.2) is 0 Å². The van der Waals surface area contributed by atoms with E-state index in [9.17, 15) is 10.2 Å².